The molecule has 0 spiro atoms. The number of piperazine rings is 1. The molecule has 7 nitrogen and oxygen atoms in total. The van der Waals surface area contributed by atoms with Gasteiger partial charge in [-0.3, -0.25) is 9.58 Å². The van der Waals surface area contributed by atoms with E-state index in [2.05, 4.69) is 49.9 Å². The summed E-state index contributed by atoms with van der Waals surface area (Å²) < 4.78 is 9.75. The van der Waals surface area contributed by atoms with Gasteiger partial charge in [-0.25, -0.2) is 4.68 Å². The Kier molecular flexibility index (Phi) is 3.85. The topological polar surface area (TPSA) is 51.4 Å². The standard InChI is InChI=1S/C23H27ClN6O/c1-15-22(14-31-15)28-4-2-27(3-5-28)21-7-20-17(6-19(21)24)11-26-30(20)18-12-25-29(13-18)23-8-16(9-23)10-23/h6-7,11-13,15-16,22H,2-5,8-10,14H2,1H3. The van der Waals surface area contributed by atoms with Gasteiger partial charge in [-0.05, 0) is 44.2 Å². The molecule has 0 radical (unpaired) electrons. The Morgan fingerprint density at radius 2 is 1.87 bits per heavy atom. The summed E-state index contributed by atoms with van der Waals surface area (Å²) in [7, 11) is 0. The van der Waals surface area contributed by atoms with Gasteiger partial charge in [-0.2, -0.15) is 10.2 Å². The van der Waals surface area contributed by atoms with Gasteiger partial charge in [-0.15, -0.1) is 0 Å². The second-order valence-corrected chi connectivity index (χ2v) is 10.3. The van der Waals surface area contributed by atoms with Crippen molar-refractivity contribution in [1.29, 1.82) is 0 Å². The summed E-state index contributed by atoms with van der Waals surface area (Å²) in [6.07, 6.45) is 10.2. The number of halogens is 1. The zero-order valence-corrected chi connectivity index (χ0v) is 18.5. The van der Waals surface area contributed by atoms with Gasteiger partial charge in [0.05, 0.1) is 59.1 Å². The molecule has 5 aliphatic rings. The molecule has 3 saturated carbocycles. The predicted molar refractivity (Wildman–Crippen MR) is 120 cm³/mol. The van der Waals surface area contributed by atoms with Crippen LogP contribution in [0.1, 0.15) is 26.2 Å². The molecule has 3 aromatic rings. The molecule has 1 aromatic carbocycles. The maximum Gasteiger partial charge on any atom is 0.103 e. The van der Waals surface area contributed by atoms with Gasteiger partial charge in [0.1, 0.15) is 5.69 Å². The lowest BCUT2D eigenvalue weighted by atomic mass is 9.50. The molecule has 8 heteroatoms. The molecule has 31 heavy (non-hydrogen) atoms. The molecule has 2 saturated heterocycles. The third kappa shape index (κ3) is 2.66. The van der Waals surface area contributed by atoms with Crippen LogP contribution in [0.25, 0.3) is 16.6 Å². The van der Waals surface area contributed by atoms with E-state index < -0.39 is 0 Å². The third-order valence-electron chi connectivity index (χ3n) is 8.14. The molecule has 8 rings (SSSR count). The first kappa shape index (κ1) is 18.5. The van der Waals surface area contributed by atoms with Crippen LogP contribution in [0, 0.1) is 5.92 Å². The smallest absolute Gasteiger partial charge is 0.103 e. The van der Waals surface area contributed by atoms with Crippen LogP contribution >= 0.6 is 11.6 Å². The van der Waals surface area contributed by atoms with Crippen LogP contribution in [-0.2, 0) is 10.3 Å². The van der Waals surface area contributed by atoms with E-state index in [9.17, 15) is 0 Å². The number of aromatic nitrogens is 4. The third-order valence-corrected chi connectivity index (χ3v) is 8.44. The van der Waals surface area contributed by atoms with E-state index in [1.807, 2.05) is 17.1 Å². The monoisotopic (exact) mass is 438 g/mol. The highest BCUT2D eigenvalue weighted by atomic mass is 35.5. The van der Waals surface area contributed by atoms with E-state index >= 15 is 0 Å². The molecular formula is C23H27ClN6O. The first-order chi connectivity index (χ1) is 15.1. The minimum absolute atomic E-state index is 0.295. The number of fused-ring (bicyclic) bond motifs is 1. The lowest BCUT2D eigenvalue weighted by Gasteiger charge is -2.61. The Bertz CT molecular complexity index is 1150. The average molecular weight is 439 g/mol. The fourth-order valence-electron chi connectivity index (χ4n) is 5.95. The molecule has 0 N–H and O–H groups in total. The number of rotatable bonds is 4. The number of anilines is 1. The van der Waals surface area contributed by atoms with Crippen molar-refractivity contribution in [2.45, 2.75) is 43.9 Å². The van der Waals surface area contributed by atoms with E-state index in [0.717, 1.165) is 66.0 Å². The lowest BCUT2D eigenvalue weighted by molar-refractivity contribution is -0.125. The van der Waals surface area contributed by atoms with Gasteiger partial charge >= 0.3 is 0 Å². The lowest BCUT2D eigenvalue weighted by Crippen LogP contribution is -2.60. The van der Waals surface area contributed by atoms with Crippen LogP contribution in [0.2, 0.25) is 5.02 Å². The number of ether oxygens (including phenoxy) is 1. The van der Waals surface area contributed by atoms with E-state index in [0.29, 0.717) is 17.7 Å². The molecule has 162 valence electrons. The average Bonchev–Trinajstić information content (AvgIpc) is 3.31. The Labute approximate surface area is 186 Å². The maximum atomic E-state index is 6.72. The van der Waals surface area contributed by atoms with Crippen LogP contribution in [-0.4, -0.2) is 69.4 Å². The fraction of sp³-hybridized carbons (Fsp3) is 0.565. The van der Waals surface area contributed by atoms with Crippen molar-refractivity contribution in [2.24, 2.45) is 5.92 Å². The van der Waals surface area contributed by atoms with E-state index in [-0.39, 0.29) is 0 Å². The van der Waals surface area contributed by atoms with Gasteiger partial charge in [-0.1, -0.05) is 11.6 Å². The zero-order valence-electron chi connectivity index (χ0n) is 17.7. The Morgan fingerprint density at radius 1 is 1.06 bits per heavy atom. The Balaban J connectivity index is 1.17. The molecule has 2 aliphatic heterocycles. The van der Waals surface area contributed by atoms with Crippen molar-refractivity contribution in [3.63, 3.8) is 0 Å². The van der Waals surface area contributed by atoms with Crippen molar-refractivity contribution in [2.75, 3.05) is 37.7 Å². The summed E-state index contributed by atoms with van der Waals surface area (Å²) in [5.74, 6) is 0.934. The number of nitrogens with zero attached hydrogens (tertiary/aromatic N) is 6. The largest absolute Gasteiger partial charge is 0.375 e. The minimum atomic E-state index is 0.295. The zero-order chi connectivity index (χ0) is 20.7. The summed E-state index contributed by atoms with van der Waals surface area (Å²) in [4.78, 5) is 4.96. The van der Waals surface area contributed by atoms with Gasteiger partial charge in [0.2, 0.25) is 0 Å². The number of hydrogen-bond donors (Lipinski definition) is 0. The van der Waals surface area contributed by atoms with Crippen LogP contribution in [0.3, 0.4) is 0 Å². The van der Waals surface area contributed by atoms with Crippen LogP contribution in [0.15, 0.2) is 30.7 Å². The van der Waals surface area contributed by atoms with Crippen molar-refractivity contribution in [1.82, 2.24) is 24.5 Å². The number of hydrogen-bond acceptors (Lipinski definition) is 5. The molecule has 4 heterocycles. The molecule has 2 bridgehead atoms. The SMILES string of the molecule is CC1OCC1N1CCN(c2cc3c(cnn3-c3cnn(C45CC(C4)C5)c3)cc2Cl)CC1. The van der Waals surface area contributed by atoms with Crippen molar-refractivity contribution in [3.8, 4) is 5.69 Å². The summed E-state index contributed by atoms with van der Waals surface area (Å²) in [5, 5.41) is 11.2. The molecule has 2 aromatic heterocycles. The van der Waals surface area contributed by atoms with Gasteiger partial charge in [0.15, 0.2) is 0 Å². The fourth-order valence-corrected chi connectivity index (χ4v) is 6.24. The highest BCUT2D eigenvalue weighted by Gasteiger charge is 2.58. The summed E-state index contributed by atoms with van der Waals surface area (Å²) in [6, 6.07) is 4.82. The van der Waals surface area contributed by atoms with E-state index in [1.165, 1.54) is 19.3 Å². The molecule has 3 aliphatic carbocycles. The van der Waals surface area contributed by atoms with E-state index in [1.54, 1.807) is 0 Å². The van der Waals surface area contributed by atoms with Crippen molar-refractivity contribution < 1.29 is 4.74 Å². The minimum Gasteiger partial charge on any atom is -0.375 e. The Hall–Kier alpha value is -2.09. The second kappa shape index (κ2) is 6.47. The summed E-state index contributed by atoms with van der Waals surface area (Å²) >= 11 is 6.72. The van der Waals surface area contributed by atoms with Crippen molar-refractivity contribution >= 4 is 28.2 Å². The quantitative estimate of drug-likeness (QED) is 0.625. The Morgan fingerprint density at radius 3 is 2.52 bits per heavy atom. The highest BCUT2D eigenvalue weighted by Crippen LogP contribution is 2.62. The predicted octanol–water partition coefficient (Wildman–Crippen LogP) is 3.29. The highest BCUT2D eigenvalue weighted by molar-refractivity contribution is 6.34. The summed E-state index contributed by atoms with van der Waals surface area (Å²) in [5.41, 5.74) is 3.50. The summed E-state index contributed by atoms with van der Waals surface area (Å²) in [6.45, 7) is 7.07. The molecule has 2 unspecified atom stereocenters. The molecular weight excluding hydrogens is 412 g/mol. The first-order valence-corrected chi connectivity index (χ1v) is 11.8. The van der Waals surface area contributed by atoms with Crippen molar-refractivity contribution in [3.05, 3.63) is 35.7 Å². The van der Waals surface area contributed by atoms with Crippen LogP contribution < -0.4 is 4.90 Å². The van der Waals surface area contributed by atoms with E-state index in [4.69, 9.17) is 16.3 Å². The molecule has 2 atom stereocenters. The van der Waals surface area contributed by atoms with Crippen LogP contribution in [0.4, 0.5) is 5.69 Å². The maximum absolute atomic E-state index is 6.72. The van der Waals surface area contributed by atoms with Gasteiger partial charge in [0, 0.05) is 31.6 Å². The number of benzene rings is 1. The normalized spacial score (nSPS) is 32.6. The van der Waals surface area contributed by atoms with Gasteiger partial charge < -0.3 is 9.64 Å². The molecule has 0 amide bonds. The van der Waals surface area contributed by atoms with Crippen LogP contribution in [0.5, 0.6) is 0 Å². The first-order valence-electron chi connectivity index (χ1n) is 11.4. The second-order valence-electron chi connectivity index (χ2n) is 9.89. The molecule has 5 fully saturated rings. The van der Waals surface area contributed by atoms with Gasteiger partial charge in [0.25, 0.3) is 0 Å².